The Hall–Kier alpha value is 0.630. The highest BCUT2D eigenvalue weighted by Crippen LogP contribution is 2.65. The zero-order chi connectivity index (χ0) is 13.4. The summed E-state index contributed by atoms with van der Waals surface area (Å²) in [5, 5.41) is 0. The van der Waals surface area contributed by atoms with Gasteiger partial charge in [-0.15, -0.1) is 0 Å². The lowest BCUT2D eigenvalue weighted by molar-refractivity contribution is -0.00000767. The van der Waals surface area contributed by atoms with Gasteiger partial charge in [-0.1, -0.05) is 40.0 Å². The highest BCUT2D eigenvalue weighted by molar-refractivity contribution is 8.54. The molecule has 0 unspecified atom stereocenters. The second kappa shape index (κ2) is 10.4. The maximum atomic E-state index is 11.8. The molecular weight excluding hydrogens is 291 g/mol. The second-order valence-electron chi connectivity index (χ2n) is 4.74. The van der Waals surface area contributed by atoms with Gasteiger partial charge in [-0.3, -0.25) is 4.55 Å². The number of rotatable bonds is 10. The second-order valence-corrected chi connectivity index (χ2v) is 12.8. The molecule has 0 amide bonds. The minimum atomic E-state index is -3.83. The summed E-state index contributed by atoms with van der Waals surface area (Å²) in [6.07, 6.45) is 7.87. The predicted octanol–water partition coefficient (Wildman–Crippen LogP) is 1.21. The molecule has 0 aromatic rings. The Morgan fingerprint density at radius 1 is 0.833 bits per heavy atom. The van der Waals surface area contributed by atoms with Crippen LogP contribution in [0.4, 0.5) is 0 Å². The smallest absolute Gasteiger partial charge is 0.380 e. The van der Waals surface area contributed by atoms with Crippen LogP contribution in [0.2, 0.25) is 0 Å². The van der Waals surface area contributed by atoms with E-state index in [1.807, 2.05) is 0 Å². The maximum Gasteiger partial charge on any atom is 0.380 e. The number of hydrogen-bond donors (Lipinski definition) is 1. The molecule has 0 rings (SSSR count). The predicted molar refractivity (Wildman–Crippen MR) is 77.8 cm³/mol. The van der Waals surface area contributed by atoms with Gasteiger partial charge in [0.2, 0.25) is 0 Å². The van der Waals surface area contributed by atoms with Crippen LogP contribution >= 0.6 is 6.46 Å². The van der Waals surface area contributed by atoms with E-state index in [1.165, 1.54) is 0 Å². The zero-order valence-corrected chi connectivity index (χ0v) is 14.3. The average molecular weight is 319 g/mol. The van der Waals surface area contributed by atoms with Crippen LogP contribution in [0, 0.1) is 0 Å². The van der Waals surface area contributed by atoms with E-state index in [-0.39, 0.29) is 12.4 Å². The van der Waals surface area contributed by atoms with Crippen molar-refractivity contribution in [3.63, 3.8) is 0 Å². The molecule has 0 aliphatic heterocycles. The van der Waals surface area contributed by atoms with Gasteiger partial charge in [0.05, 0.1) is 18.5 Å². The lowest BCUT2D eigenvalue weighted by Crippen LogP contribution is -3.00. The summed E-state index contributed by atoms with van der Waals surface area (Å²) in [5.41, 5.74) is 0. The number of hydrogen-bond acceptors (Lipinski definition) is 2. The Labute approximate surface area is 119 Å². The Morgan fingerprint density at radius 3 is 1.28 bits per heavy atom. The first-order valence-corrected chi connectivity index (χ1v) is 11.2. The molecule has 0 fully saturated rings. The van der Waals surface area contributed by atoms with Crippen molar-refractivity contribution in [1.29, 1.82) is 0 Å². The van der Waals surface area contributed by atoms with E-state index < -0.39 is 16.2 Å². The normalized spacial score (nSPS) is 12.2. The van der Waals surface area contributed by atoms with Gasteiger partial charge in [-0.05, 0) is 19.3 Å². The first-order chi connectivity index (χ1) is 7.93. The van der Waals surface area contributed by atoms with Crippen molar-refractivity contribution >= 4 is 16.2 Å². The van der Waals surface area contributed by atoms with E-state index in [9.17, 15) is 13.0 Å². The molecule has 18 heavy (non-hydrogen) atoms. The fourth-order valence-corrected chi connectivity index (χ4v) is 9.30. The Balaban J connectivity index is 0. The Bertz CT molecular complexity index is 272. The van der Waals surface area contributed by atoms with Crippen molar-refractivity contribution in [3.05, 3.63) is 0 Å². The van der Waals surface area contributed by atoms with Crippen molar-refractivity contribution in [2.24, 2.45) is 0 Å². The van der Waals surface area contributed by atoms with Gasteiger partial charge in [0, 0.05) is 0 Å². The summed E-state index contributed by atoms with van der Waals surface area (Å²) in [5.74, 6) is 0. The van der Waals surface area contributed by atoms with Crippen molar-refractivity contribution in [1.82, 2.24) is 0 Å². The molecule has 0 spiro atoms. The van der Waals surface area contributed by atoms with Crippen LogP contribution in [0.1, 0.15) is 59.3 Å². The van der Waals surface area contributed by atoms with Gasteiger partial charge in [-0.25, -0.2) is 0 Å². The number of halogens is 1. The highest BCUT2D eigenvalue weighted by Gasteiger charge is 2.48. The van der Waals surface area contributed by atoms with Crippen LogP contribution < -0.4 is 12.4 Å². The van der Waals surface area contributed by atoms with Gasteiger partial charge in [0.15, 0.2) is 6.46 Å². The first-order valence-electron chi connectivity index (χ1n) is 6.77. The fourth-order valence-electron chi connectivity index (χ4n) is 2.02. The van der Waals surface area contributed by atoms with Gasteiger partial charge >= 0.3 is 9.74 Å². The Kier molecular flexibility index (Phi) is 12.1. The Morgan fingerprint density at radius 2 is 1.11 bits per heavy atom. The SMILES string of the molecule is CCCC[P+](CCCC)(CCCC)S(=O)(=O)O.[Cl-]. The van der Waals surface area contributed by atoms with Crippen LogP contribution in [0.15, 0.2) is 0 Å². The van der Waals surface area contributed by atoms with Crippen LogP contribution in [-0.4, -0.2) is 31.5 Å². The molecule has 0 saturated carbocycles. The van der Waals surface area contributed by atoms with Gasteiger partial charge in [0.1, 0.15) is 0 Å². The lowest BCUT2D eigenvalue weighted by atomic mass is 10.4. The van der Waals surface area contributed by atoms with Crippen LogP contribution in [0.3, 0.4) is 0 Å². The molecule has 6 heteroatoms. The molecule has 112 valence electrons. The molecule has 3 nitrogen and oxygen atoms in total. The molecule has 0 aliphatic rings. The quantitative estimate of drug-likeness (QED) is 0.486. The summed E-state index contributed by atoms with van der Waals surface area (Å²) < 4.78 is 33.2. The summed E-state index contributed by atoms with van der Waals surface area (Å²) in [6.45, 7) is 4.00. The van der Waals surface area contributed by atoms with Crippen molar-refractivity contribution in [3.8, 4) is 0 Å². The van der Waals surface area contributed by atoms with Gasteiger partial charge < -0.3 is 12.4 Å². The molecule has 0 aromatic heterocycles. The molecule has 0 saturated heterocycles. The summed E-state index contributed by atoms with van der Waals surface area (Å²) in [7, 11) is -3.83. The van der Waals surface area contributed by atoms with E-state index >= 15 is 0 Å². The highest BCUT2D eigenvalue weighted by atomic mass is 35.5. The van der Waals surface area contributed by atoms with Crippen LogP contribution in [-0.2, 0) is 9.74 Å². The van der Waals surface area contributed by atoms with E-state index in [0.717, 1.165) is 38.5 Å². The zero-order valence-electron chi connectivity index (χ0n) is 11.9. The summed E-state index contributed by atoms with van der Waals surface area (Å²) in [4.78, 5) is 0. The molecule has 0 atom stereocenters. The topological polar surface area (TPSA) is 54.4 Å². The first kappa shape index (κ1) is 20.9. The van der Waals surface area contributed by atoms with E-state index in [2.05, 4.69) is 20.8 Å². The van der Waals surface area contributed by atoms with E-state index in [4.69, 9.17) is 0 Å². The summed E-state index contributed by atoms with van der Waals surface area (Å²) in [6, 6.07) is 0. The molecule has 0 heterocycles. The minimum Gasteiger partial charge on any atom is -1.00 e. The maximum absolute atomic E-state index is 11.8. The fraction of sp³-hybridized carbons (Fsp3) is 1.00. The van der Waals surface area contributed by atoms with Crippen molar-refractivity contribution in [2.75, 3.05) is 18.5 Å². The number of unbranched alkanes of at least 4 members (excludes halogenated alkanes) is 3. The van der Waals surface area contributed by atoms with Crippen molar-refractivity contribution < 1.29 is 25.4 Å². The van der Waals surface area contributed by atoms with Gasteiger partial charge in [0.25, 0.3) is 0 Å². The van der Waals surface area contributed by atoms with Gasteiger partial charge in [-0.2, -0.15) is 8.42 Å². The molecule has 0 aliphatic carbocycles. The monoisotopic (exact) mass is 318 g/mol. The summed E-state index contributed by atoms with van der Waals surface area (Å²) >= 11 is 0. The largest absolute Gasteiger partial charge is 1.00 e. The molecule has 0 radical (unpaired) electrons. The van der Waals surface area contributed by atoms with Crippen molar-refractivity contribution in [2.45, 2.75) is 59.3 Å². The van der Waals surface area contributed by atoms with E-state index in [0.29, 0.717) is 18.5 Å². The van der Waals surface area contributed by atoms with Crippen LogP contribution in [0.25, 0.3) is 0 Å². The lowest BCUT2D eigenvalue weighted by Gasteiger charge is -2.23. The average Bonchev–Trinajstić information content (AvgIpc) is 2.27. The molecule has 0 aromatic carbocycles. The minimum absolute atomic E-state index is 0. The third-order valence-electron chi connectivity index (χ3n) is 3.25. The van der Waals surface area contributed by atoms with E-state index in [1.54, 1.807) is 0 Å². The molecule has 1 N–H and O–H groups in total. The third-order valence-corrected chi connectivity index (χ3v) is 12.2. The van der Waals surface area contributed by atoms with Crippen LogP contribution in [0.5, 0.6) is 0 Å². The molecule has 0 bridgehead atoms. The standard InChI is InChI=1S/C12H27O3PS.ClH/c1-4-7-10-16(11-8-5-2,12-9-6-3)17(13,14)15;/h4-12H2,1-3H3;1H. The molecular formula is C12H28ClO3PS. The third kappa shape index (κ3) is 6.70.